The molecule has 0 bridgehead atoms. The molecule has 2 atom stereocenters. The fraction of sp³-hybridized carbons (Fsp3) is 0.588. The maximum Gasteiger partial charge on any atom is 0.393 e. The highest BCUT2D eigenvalue weighted by atomic mass is 19.4. The van der Waals surface area contributed by atoms with Crippen molar-refractivity contribution in [2.45, 2.75) is 45.8 Å². The summed E-state index contributed by atoms with van der Waals surface area (Å²) >= 11 is 0. The number of piperidine rings is 1. The van der Waals surface area contributed by atoms with Crippen LogP contribution in [0.15, 0.2) is 18.2 Å². The van der Waals surface area contributed by atoms with Crippen molar-refractivity contribution in [2.75, 3.05) is 18.4 Å². The van der Waals surface area contributed by atoms with E-state index in [1.807, 2.05) is 32.0 Å². The largest absolute Gasteiger partial charge is 0.393 e. The normalized spacial score (nSPS) is 21.0. The topological polar surface area (TPSA) is 32.3 Å². The molecule has 1 amide bonds. The number of hydrogen-bond donors (Lipinski definition) is 1. The van der Waals surface area contributed by atoms with Gasteiger partial charge in [-0.3, -0.25) is 9.69 Å². The first-order chi connectivity index (χ1) is 10.7. The number of nitrogens with one attached hydrogen (secondary N) is 1. The molecule has 1 aliphatic rings. The summed E-state index contributed by atoms with van der Waals surface area (Å²) in [5.74, 6) is -1.60. The number of rotatable bonds is 3. The van der Waals surface area contributed by atoms with E-state index in [9.17, 15) is 18.0 Å². The molecule has 0 radical (unpaired) electrons. The minimum atomic E-state index is -4.19. The Hall–Kier alpha value is -1.56. The summed E-state index contributed by atoms with van der Waals surface area (Å²) in [5, 5.41) is 2.84. The van der Waals surface area contributed by atoms with Crippen LogP contribution >= 0.6 is 0 Å². The van der Waals surface area contributed by atoms with Gasteiger partial charge in [-0.2, -0.15) is 13.2 Å². The Morgan fingerprint density at radius 3 is 2.70 bits per heavy atom. The average Bonchev–Trinajstić information content (AvgIpc) is 2.49. The van der Waals surface area contributed by atoms with E-state index in [1.165, 1.54) is 0 Å². The molecule has 128 valence electrons. The van der Waals surface area contributed by atoms with Crippen LogP contribution in [0, 0.1) is 19.8 Å². The molecule has 0 aliphatic carbocycles. The molecule has 1 saturated heterocycles. The molecule has 1 aliphatic heterocycles. The number of carbonyl (C=O) groups excluding carboxylic acids is 1. The van der Waals surface area contributed by atoms with Gasteiger partial charge in [-0.05, 0) is 57.4 Å². The highest BCUT2D eigenvalue weighted by Crippen LogP contribution is 2.33. The molecule has 1 N–H and O–H groups in total. The number of likely N-dealkylation sites (tertiary alicyclic amines) is 1. The van der Waals surface area contributed by atoms with Crippen LogP contribution in [0.3, 0.4) is 0 Å². The highest BCUT2D eigenvalue weighted by molar-refractivity contribution is 5.95. The molecule has 0 aromatic heterocycles. The molecular formula is C17H23F3N2O. The standard InChI is InChI=1S/C17H23F3N2O/c1-11-6-7-12(2)15(9-11)21-16(23)13(3)22-8-4-5-14(10-22)17(18,19)20/h6-7,9,13-14H,4-5,8,10H2,1-3H3,(H,21,23). The number of halogens is 3. The van der Waals surface area contributed by atoms with E-state index >= 15 is 0 Å². The van der Waals surface area contributed by atoms with Crippen LogP contribution in [0.2, 0.25) is 0 Å². The van der Waals surface area contributed by atoms with E-state index < -0.39 is 18.1 Å². The Bertz CT molecular complexity index is 571. The van der Waals surface area contributed by atoms with Gasteiger partial charge < -0.3 is 5.32 Å². The summed E-state index contributed by atoms with van der Waals surface area (Å²) in [7, 11) is 0. The lowest BCUT2D eigenvalue weighted by Gasteiger charge is -2.36. The Labute approximate surface area is 134 Å². The predicted octanol–water partition coefficient (Wildman–Crippen LogP) is 3.90. The van der Waals surface area contributed by atoms with Gasteiger partial charge in [0, 0.05) is 12.2 Å². The fourth-order valence-corrected chi connectivity index (χ4v) is 2.90. The van der Waals surface area contributed by atoms with Gasteiger partial charge in [0.1, 0.15) is 0 Å². The average molecular weight is 328 g/mol. The second-order valence-corrected chi connectivity index (χ2v) is 6.36. The zero-order valence-corrected chi connectivity index (χ0v) is 13.7. The third-order valence-electron chi connectivity index (χ3n) is 4.49. The molecule has 2 rings (SSSR count). The van der Waals surface area contributed by atoms with Crippen molar-refractivity contribution in [2.24, 2.45) is 5.92 Å². The van der Waals surface area contributed by atoms with Crippen LogP contribution in [0.1, 0.15) is 30.9 Å². The maximum absolute atomic E-state index is 12.9. The van der Waals surface area contributed by atoms with Crippen LogP contribution in [-0.4, -0.2) is 36.1 Å². The Balaban J connectivity index is 2.03. The first-order valence-corrected chi connectivity index (χ1v) is 7.87. The number of aryl methyl sites for hydroxylation is 2. The number of hydrogen-bond acceptors (Lipinski definition) is 2. The Kier molecular flexibility index (Phi) is 5.34. The van der Waals surface area contributed by atoms with Crippen LogP contribution < -0.4 is 5.32 Å². The first kappa shape index (κ1) is 17.8. The number of amides is 1. The highest BCUT2D eigenvalue weighted by Gasteiger charge is 2.43. The quantitative estimate of drug-likeness (QED) is 0.912. The van der Waals surface area contributed by atoms with Crippen molar-refractivity contribution in [3.05, 3.63) is 29.3 Å². The van der Waals surface area contributed by atoms with E-state index in [0.717, 1.165) is 11.1 Å². The monoisotopic (exact) mass is 328 g/mol. The van der Waals surface area contributed by atoms with Gasteiger partial charge in [-0.25, -0.2) is 0 Å². The van der Waals surface area contributed by atoms with Gasteiger partial charge in [-0.15, -0.1) is 0 Å². The van der Waals surface area contributed by atoms with Crippen LogP contribution in [-0.2, 0) is 4.79 Å². The third kappa shape index (κ3) is 4.47. The summed E-state index contributed by atoms with van der Waals surface area (Å²) in [6.07, 6.45) is -3.58. The number of benzene rings is 1. The van der Waals surface area contributed by atoms with Crippen molar-refractivity contribution in [1.29, 1.82) is 0 Å². The van der Waals surface area contributed by atoms with Crippen molar-refractivity contribution in [1.82, 2.24) is 4.90 Å². The smallest absolute Gasteiger partial charge is 0.324 e. The van der Waals surface area contributed by atoms with Crippen LogP contribution in [0.4, 0.5) is 18.9 Å². The molecule has 0 saturated carbocycles. The zero-order valence-electron chi connectivity index (χ0n) is 13.7. The second kappa shape index (κ2) is 6.91. The van der Waals surface area contributed by atoms with Crippen molar-refractivity contribution < 1.29 is 18.0 Å². The maximum atomic E-state index is 12.9. The molecule has 1 fully saturated rings. The number of carbonyl (C=O) groups is 1. The van der Waals surface area contributed by atoms with Gasteiger partial charge in [0.2, 0.25) is 5.91 Å². The summed E-state index contributed by atoms with van der Waals surface area (Å²) < 4.78 is 38.7. The van der Waals surface area contributed by atoms with Crippen LogP contribution in [0.25, 0.3) is 0 Å². The van der Waals surface area contributed by atoms with E-state index in [4.69, 9.17) is 0 Å². The molecule has 0 spiro atoms. The van der Waals surface area contributed by atoms with Crippen molar-refractivity contribution in [3.8, 4) is 0 Å². The molecule has 3 nitrogen and oxygen atoms in total. The number of nitrogens with zero attached hydrogens (tertiary/aromatic N) is 1. The van der Waals surface area contributed by atoms with Gasteiger partial charge in [0.05, 0.1) is 12.0 Å². The van der Waals surface area contributed by atoms with Gasteiger partial charge in [0.25, 0.3) is 0 Å². The summed E-state index contributed by atoms with van der Waals surface area (Å²) in [5.41, 5.74) is 2.67. The first-order valence-electron chi connectivity index (χ1n) is 7.87. The van der Waals surface area contributed by atoms with Gasteiger partial charge in [0.15, 0.2) is 0 Å². The number of alkyl halides is 3. The third-order valence-corrected chi connectivity index (χ3v) is 4.49. The van der Waals surface area contributed by atoms with E-state index in [2.05, 4.69) is 5.32 Å². The molecule has 6 heteroatoms. The summed E-state index contributed by atoms with van der Waals surface area (Å²) in [4.78, 5) is 14.0. The van der Waals surface area contributed by atoms with Crippen LogP contribution in [0.5, 0.6) is 0 Å². The predicted molar refractivity (Wildman–Crippen MR) is 84.4 cm³/mol. The molecule has 23 heavy (non-hydrogen) atoms. The summed E-state index contributed by atoms with van der Waals surface area (Å²) in [6, 6.07) is 5.15. The lowest BCUT2D eigenvalue weighted by molar-refractivity contribution is -0.188. The Morgan fingerprint density at radius 1 is 1.35 bits per heavy atom. The molecule has 1 aromatic rings. The summed E-state index contributed by atoms with van der Waals surface area (Å²) in [6.45, 7) is 5.90. The lowest BCUT2D eigenvalue weighted by atomic mass is 9.96. The minimum Gasteiger partial charge on any atom is -0.324 e. The zero-order chi connectivity index (χ0) is 17.2. The molecule has 1 heterocycles. The van der Waals surface area contributed by atoms with Gasteiger partial charge >= 0.3 is 6.18 Å². The fourth-order valence-electron chi connectivity index (χ4n) is 2.90. The van der Waals surface area contributed by atoms with E-state index in [0.29, 0.717) is 18.7 Å². The van der Waals surface area contributed by atoms with Crippen molar-refractivity contribution >= 4 is 11.6 Å². The van der Waals surface area contributed by atoms with E-state index in [1.54, 1.807) is 11.8 Å². The molecular weight excluding hydrogens is 305 g/mol. The van der Waals surface area contributed by atoms with Gasteiger partial charge in [-0.1, -0.05) is 12.1 Å². The molecule has 1 aromatic carbocycles. The molecule has 2 unspecified atom stereocenters. The SMILES string of the molecule is Cc1ccc(C)c(NC(=O)C(C)N2CCCC(C(F)(F)F)C2)c1. The van der Waals surface area contributed by atoms with E-state index in [-0.39, 0.29) is 18.9 Å². The lowest BCUT2D eigenvalue weighted by Crippen LogP contribution is -2.49. The minimum absolute atomic E-state index is 0.106. The Morgan fingerprint density at radius 2 is 2.04 bits per heavy atom. The number of anilines is 1. The van der Waals surface area contributed by atoms with Crippen molar-refractivity contribution in [3.63, 3.8) is 0 Å². The second-order valence-electron chi connectivity index (χ2n) is 6.36.